The van der Waals surface area contributed by atoms with E-state index in [1.54, 1.807) is 0 Å². The van der Waals surface area contributed by atoms with Crippen molar-refractivity contribution in [2.24, 2.45) is 0 Å². The van der Waals surface area contributed by atoms with Crippen LogP contribution in [0.1, 0.15) is 5.56 Å². The predicted molar refractivity (Wildman–Crippen MR) is 65.3 cm³/mol. The van der Waals surface area contributed by atoms with Crippen molar-refractivity contribution in [1.82, 2.24) is 19.9 Å². The van der Waals surface area contributed by atoms with Gasteiger partial charge in [-0.1, -0.05) is 0 Å². The molecule has 3 rings (SSSR count). The Morgan fingerprint density at radius 2 is 2.00 bits per heavy atom. The Kier molecular flexibility index (Phi) is 2.97. The van der Waals surface area contributed by atoms with Gasteiger partial charge in [-0.2, -0.15) is 4.98 Å². The number of halogens is 3. The zero-order valence-electron chi connectivity index (χ0n) is 9.99. The van der Waals surface area contributed by atoms with Crippen molar-refractivity contribution in [3.63, 3.8) is 0 Å². The summed E-state index contributed by atoms with van der Waals surface area (Å²) in [6.45, 7) is -0.142. The molecule has 0 aliphatic heterocycles. The molecule has 0 unspecified atom stereocenters. The zero-order chi connectivity index (χ0) is 14.1. The summed E-state index contributed by atoms with van der Waals surface area (Å²) in [7, 11) is 0. The van der Waals surface area contributed by atoms with Gasteiger partial charge in [0.05, 0.1) is 12.5 Å². The number of H-pyrrole nitrogens is 1. The maximum Gasteiger partial charge on any atom is 0.225 e. The van der Waals surface area contributed by atoms with Crippen LogP contribution in [-0.2, 0) is 6.54 Å². The van der Waals surface area contributed by atoms with Crippen LogP contribution in [-0.4, -0.2) is 19.9 Å². The Hall–Kier alpha value is -2.64. The lowest BCUT2D eigenvalue weighted by Crippen LogP contribution is -2.07. The lowest BCUT2D eigenvalue weighted by Gasteiger charge is -2.06. The summed E-state index contributed by atoms with van der Waals surface area (Å²) in [6, 6.07) is 1.41. The lowest BCUT2D eigenvalue weighted by atomic mass is 10.2. The second-order valence-electron chi connectivity index (χ2n) is 4.05. The van der Waals surface area contributed by atoms with Gasteiger partial charge in [0, 0.05) is 18.2 Å². The molecule has 20 heavy (non-hydrogen) atoms. The molecule has 5 nitrogen and oxygen atoms in total. The molecule has 0 bridgehead atoms. The van der Waals surface area contributed by atoms with Gasteiger partial charge in [-0.3, -0.25) is 0 Å². The van der Waals surface area contributed by atoms with Crippen molar-refractivity contribution >= 4 is 17.1 Å². The second kappa shape index (κ2) is 4.80. The molecule has 2 heterocycles. The average molecular weight is 279 g/mol. The molecule has 0 saturated heterocycles. The summed E-state index contributed by atoms with van der Waals surface area (Å²) >= 11 is 0. The number of rotatable bonds is 3. The van der Waals surface area contributed by atoms with Crippen LogP contribution in [0.15, 0.2) is 24.7 Å². The third-order valence-corrected chi connectivity index (χ3v) is 2.68. The summed E-state index contributed by atoms with van der Waals surface area (Å²) < 4.78 is 39.5. The minimum Gasteiger partial charge on any atom is -0.350 e. The van der Waals surface area contributed by atoms with Gasteiger partial charge in [0.1, 0.15) is 11.3 Å². The molecule has 3 aromatic rings. The van der Waals surface area contributed by atoms with E-state index in [1.807, 2.05) is 0 Å². The number of benzene rings is 1. The first-order chi connectivity index (χ1) is 9.63. The minimum atomic E-state index is -1.23. The van der Waals surface area contributed by atoms with Gasteiger partial charge in [0.2, 0.25) is 5.95 Å². The average Bonchev–Trinajstić information content (AvgIpc) is 2.88. The number of aromatic nitrogens is 4. The Morgan fingerprint density at radius 1 is 1.15 bits per heavy atom. The molecule has 0 aliphatic rings. The molecular weight excluding hydrogens is 271 g/mol. The number of hydrogen-bond acceptors (Lipinski definition) is 4. The van der Waals surface area contributed by atoms with E-state index in [-0.39, 0.29) is 18.1 Å². The van der Waals surface area contributed by atoms with Crippen molar-refractivity contribution in [2.45, 2.75) is 6.54 Å². The molecule has 0 radical (unpaired) electrons. The van der Waals surface area contributed by atoms with Crippen LogP contribution in [0, 0.1) is 17.5 Å². The third-order valence-electron chi connectivity index (χ3n) is 2.68. The lowest BCUT2D eigenvalue weighted by molar-refractivity contribution is 0.486. The summed E-state index contributed by atoms with van der Waals surface area (Å²) in [5, 5.41) is 2.69. The molecule has 0 fully saturated rings. The van der Waals surface area contributed by atoms with Gasteiger partial charge in [-0.15, -0.1) is 0 Å². The Balaban J connectivity index is 1.82. The monoisotopic (exact) mass is 279 g/mol. The third kappa shape index (κ3) is 2.27. The van der Waals surface area contributed by atoms with E-state index in [0.717, 1.165) is 6.07 Å². The van der Waals surface area contributed by atoms with Crippen LogP contribution in [0.25, 0.3) is 11.2 Å². The van der Waals surface area contributed by atoms with Crippen LogP contribution >= 0.6 is 0 Å². The maximum absolute atomic E-state index is 13.4. The molecule has 0 saturated carbocycles. The Bertz CT molecular complexity index is 771. The zero-order valence-corrected chi connectivity index (χ0v) is 9.99. The number of aromatic amines is 1. The smallest absolute Gasteiger partial charge is 0.225 e. The van der Waals surface area contributed by atoms with Gasteiger partial charge >= 0.3 is 0 Å². The van der Waals surface area contributed by atoms with Crippen molar-refractivity contribution < 1.29 is 13.2 Å². The van der Waals surface area contributed by atoms with Gasteiger partial charge in [-0.25, -0.2) is 23.1 Å². The molecule has 8 heteroatoms. The van der Waals surface area contributed by atoms with E-state index in [4.69, 9.17) is 0 Å². The van der Waals surface area contributed by atoms with Crippen molar-refractivity contribution in [3.8, 4) is 0 Å². The molecule has 2 aromatic heterocycles. The summed E-state index contributed by atoms with van der Waals surface area (Å²) in [5.74, 6) is -2.98. The van der Waals surface area contributed by atoms with Crippen LogP contribution in [0.4, 0.5) is 19.1 Å². The Labute approximate surface area is 110 Å². The van der Waals surface area contributed by atoms with E-state index in [9.17, 15) is 13.2 Å². The molecule has 0 aliphatic carbocycles. The normalized spacial score (nSPS) is 10.9. The van der Waals surface area contributed by atoms with Gasteiger partial charge in [0.15, 0.2) is 17.3 Å². The first-order valence-electron chi connectivity index (χ1n) is 5.67. The maximum atomic E-state index is 13.4. The molecule has 102 valence electrons. The van der Waals surface area contributed by atoms with Gasteiger partial charge in [0.25, 0.3) is 0 Å². The van der Waals surface area contributed by atoms with E-state index in [0.29, 0.717) is 17.2 Å². The molecular formula is C12H8F3N5. The molecule has 0 atom stereocenters. The van der Waals surface area contributed by atoms with E-state index in [2.05, 4.69) is 25.3 Å². The quantitative estimate of drug-likeness (QED) is 0.722. The first kappa shape index (κ1) is 12.4. The number of nitrogens with zero attached hydrogens (tertiary/aromatic N) is 3. The number of fused-ring (bicyclic) bond motifs is 1. The first-order valence-corrected chi connectivity index (χ1v) is 5.67. The van der Waals surface area contributed by atoms with E-state index >= 15 is 0 Å². The van der Waals surface area contributed by atoms with Crippen LogP contribution < -0.4 is 5.32 Å². The highest BCUT2D eigenvalue weighted by Crippen LogP contribution is 2.15. The summed E-state index contributed by atoms with van der Waals surface area (Å²) in [6.07, 6.45) is 2.96. The number of nitrogens with one attached hydrogen (secondary N) is 2. The van der Waals surface area contributed by atoms with Crippen LogP contribution in [0.5, 0.6) is 0 Å². The number of anilines is 1. The van der Waals surface area contributed by atoms with Crippen LogP contribution in [0.3, 0.4) is 0 Å². The van der Waals surface area contributed by atoms with Crippen molar-refractivity contribution in [2.75, 3.05) is 5.32 Å². The van der Waals surface area contributed by atoms with Crippen molar-refractivity contribution in [1.29, 1.82) is 0 Å². The van der Waals surface area contributed by atoms with Gasteiger partial charge < -0.3 is 10.3 Å². The van der Waals surface area contributed by atoms with E-state index in [1.165, 1.54) is 12.5 Å². The highest BCUT2D eigenvalue weighted by atomic mass is 19.2. The largest absolute Gasteiger partial charge is 0.350 e. The molecule has 2 N–H and O–H groups in total. The topological polar surface area (TPSA) is 66.5 Å². The van der Waals surface area contributed by atoms with Crippen molar-refractivity contribution in [3.05, 3.63) is 47.7 Å². The fraction of sp³-hybridized carbons (Fsp3) is 0.0833. The second-order valence-corrected chi connectivity index (χ2v) is 4.05. The molecule has 0 spiro atoms. The number of imidazole rings is 1. The summed E-state index contributed by atoms with van der Waals surface area (Å²) in [4.78, 5) is 14.8. The van der Waals surface area contributed by atoms with E-state index < -0.39 is 17.5 Å². The van der Waals surface area contributed by atoms with Crippen LogP contribution in [0.2, 0.25) is 0 Å². The highest BCUT2D eigenvalue weighted by Gasteiger charge is 2.11. The molecule has 1 aromatic carbocycles. The minimum absolute atomic E-state index is 0.142. The fourth-order valence-corrected chi connectivity index (χ4v) is 1.73. The number of hydrogen-bond donors (Lipinski definition) is 2. The predicted octanol–water partition coefficient (Wildman–Crippen LogP) is 2.38. The fourth-order valence-electron chi connectivity index (χ4n) is 1.73. The standard InChI is InChI=1S/C12H8F3N5/c13-7-1-6(10(15)8(14)2-7)3-16-12-17-4-9-11(20-12)19-5-18-9/h1-2,4-5H,3H2,(H2,16,17,18,19,20). The van der Waals surface area contributed by atoms with Gasteiger partial charge in [-0.05, 0) is 6.07 Å². The summed E-state index contributed by atoms with van der Waals surface area (Å²) in [5.41, 5.74) is 0.945. The molecule has 0 amide bonds. The Morgan fingerprint density at radius 3 is 2.85 bits per heavy atom. The highest BCUT2D eigenvalue weighted by molar-refractivity contribution is 5.69. The SMILES string of the molecule is Fc1cc(F)c(F)c(CNc2ncc3[nH]cnc3n2)c1.